The first kappa shape index (κ1) is 18.7. The first-order chi connectivity index (χ1) is 13.2. The van der Waals surface area contributed by atoms with E-state index in [0.717, 1.165) is 22.5 Å². The van der Waals surface area contributed by atoms with Crippen molar-refractivity contribution in [2.75, 3.05) is 19.4 Å². The number of aromatic amines is 1. The Morgan fingerprint density at radius 3 is 2.30 bits per heavy atom. The molecule has 1 amide bonds. The zero-order valence-corrected chi connectivity index (χ0v) is 15.6. The topological polar surface area (TPSA) is 84.1 Å². The maximum atomic E-state index is 11.9. The van der Waals surface area contributed by atoms with Gasteiger partial charge in [-0.2, -0.15) is 0 Å². The molecule has 3 aromatic rings. The van der Waals surface area contributed by atoms with Crippen LogP contribution in [0.25, 0.3) is 22.5 Å². The van der Waals surface area contributed by atoms with E-state index >= 15 is 0 Å². The summed E-state index contributed by atoms with van der Waals surface area (Å²) in [5, 5.41) is 3.15. The molecule has 0 fully saturated rings. The van der Waals surface area contributed by atoms with Gasteiger partial charge in [0, 0.05) is 11.1 Å². The highest BCUT2D eigenvalue weighted by atomic mass is 32.2. The number of imidazole rings is 1. The summed E-state index contributed by atoms with van der Waals surface area (Å²) in [6.45, 7) is -0.140. The second kappa shape index (κ2) is 9.05. The Bertz CT molecular complexity index is 854. The van der Waals surface area contributed by atoms with Gasteiger partial charge in [-0.1, -0.05) is 72.4 Å². The van der Waals surface area contributed by atoms with Gasteiger partial charge >= 0.3 is 5.97 Å². The highest BCUT2D eigenvalue weighted by Crippen LogP contribution is 2.32. The lowest BCUT2D eigenvalue weighted by molar-refractivity contribution is -0.140. The number of esters is 1. The number of carbonyl (C=O) groups excluding carboxylic acids is 2. The third-order valence-electron chi connectivity index (χ3n) is 3.79. The lowest BCUT2D eigenvalue weighted by Gasteiger charge is -2.02. The van der Waals surface area contributed by atoms with Crippen LogP contribution in [0.15, 0.2) is 65.8 Å². The van der Waals surface area contributed by atoms with Crippen LogP contribution in [0.1, 0.15) is 0 Å². The molecule has 6 nitrogen and oxygen atoms in total. The van der Waals surface area contributed by atoms with Crippen molar-refractivity contribution in [3.63, 3.8) is 0 Å². The van der Waals surface area contributed by atoms with Gasteiger partial charge in [-0.3, -0.25) is 9.59 Å². The average molecular weight is 381 g/mol. The molecular formula is C20H19N3O3S. The number of hydrogen-bond donors (Lipinski definition) is 2. The molecule has 138 valence electrons. The van der Waals surface area contributed by atoms with Crippen molar-refractivity contribution in [3.05, 3.63) is 60.7 Å². The van der Waals surface area contributed by atoms with Gasteiger partial charge in [0.25, 0.3) is 0 Å². The summed E-state index contributed by atoms with van der Waals surface area (Å²) in [5.74, 6) is -0.596. The Morgan fingerprint density at radius 2 is 1.67 bits per heavy atom. The standard InChI is InChI=1S/C20H19N3O3S/c1-26-17(25)12-21-16(24)13-27-20-22-18(14-8-4-2-5-9-14)19(23-20)15-10-6-3-7-11-15/h2-11H,12-13H2,1H3,(H,21,24)(H,22,23). The molecular weight excluding hydrogens is 362 g/mol. The number of benzene rings is 2. The molecule has 0 saturated carbocycles. The highest BCUT2D eigenvalue weighted by Gasteiger charge is 2.15. The van der Waals surface area contributed by atoms with Gasteiger partial charge in [0.15, 0.2) is 5.16 Å². The van der Waals surface area contributed by atoms with Crippen LogP contribution in [0.4, 0.5) is 0 Å². The van der Waals surface area contributed by atoms with E-state index in [1.165, 1.54) is 18.9 Å². The Labute approximate surface area is 161 Å². The third kappa shape index (κ3) is 4.98. The molecule has 0 aliphatic heterocycles. The van der Waals surface area contributed by atoms with Crippen LogP contribution < -0.4 is 5.32 Å². The van der Waals surface area contributed by atoms with Crippen molar-refractivity contribution < 1.29 is 14.3 Å². The third-order valence-corrected chi connectivity index (χ3v) is 4.66. The van der Waals surface area contributed by atoms with Crippen LogP contribution in [0.2, 0.25) is 0 Å². The minimum Gasteiger partial charge on any atom is -0.468 e. The molecule has 1 heterocycles. The van der Waals surface area contributed by atoms with Gasteiger partial charge < -0.3 is 15.0 Å². The lowest BCUT2D eigenvalue weighted by Crippen LogP contribution is -2.31. The maximum Gasteiger partial charge on any atom is 0.325 e. The molecule has 0 saturated heterocycles. The second-order valence-electron chi connectivity index (χ2n) is 5.64. The van der Waals surface area contributed by atoms with E-state index in [1.807, 2.05) is 60.7 Å². The van der Waals surface area contributed by atoms with Crippen molar-refractivity contribution >= 4 is 23.6 Å². The van der Waals surface area contributed by atoms with Crippen LogP contribution in [0.5, 0.6) is 0 Å². The van der Waals surface area contributed by atoms with Gasteiger partial charge in [0.2, 0.25) is 5.91 Å². The molecule has 0 spiro atoms. The number of H-pyrrole nitrogens is 1. The summed E-state index contributed by atoms with van der Waals surface area (Å²) >= 11 is 1.28. The van der Waals surface area contributed by atoms with E-state index < -0.39 is 5.97 Å². The minimum atomic E-state index is -0.482. The van der Waals surface area contributed by atoms with E-state index in [9.17, 15) is 9.59 Å². The molecule has 27 heavy (non-hydrogen) atoms. The number of nitrogens with one attached hydrogen (secondary N) is 2. The Hall–Kier alpha value is -3.06. The van der Waals surface area contributed by atoms with Gasteiger partial charge in [0.1, 0.15) is 6.54 Å². The van der Waals surface area contributed by atoms with Crippen LogP contribution >= 0.6 is 11.8 Å². The first-order valence-corrected chi connectivity index (χ1v) is 9.33. The number of amides is 1. The number of nitrogens with zero attached hydrogens (tertiary/aromatic N) is 1. The Morgan fingerprint density at radius 1 is 1.04 bits per heavy atom. The van der Waals surface area contributed by atoms with E-state index in [0.29, 0.717) is 5.16 Å². The van der Waals surface area contributed by atoms with Crippen molar-refractivity contribution in [2.24, 2.45) is 0 Å². The van der Waals surface area contributed by atoms with E-state index in [2.05, 4.69) is 20.0 Å². The average Bonchev–Trinajstić information content (AvgIpc) is 3.16. The summed E-state index contributed by atoms with van der Waals surface area (Å²) in [7, 11) is 1.28. The van der Waals surface area contributed by atoms with Crippen LogP contribution in [-0.4, -0.2) is 41.3 Å². The molecule has 0 aliphatic carbocycles. The number of methoxy groups -OCH3 is 1. The SMILES string of the molecule is COC(=O)CNC(=O)CSc1nc(-c2ccccc2)c(-c2ccccc2)[nH]1. The smallest absolute Gasteiger partial charge is 0.325 e. The summed E-state index contributed by atoms with van der Waals surface area (Å²) < 4.78 is 4.50. The largest absolute Gasteiger partial charge is 0.468 e. The van der Waals surface area contributed by atoms with Crippen LogP contribution in [0, 0.1) is 0 Å². The zero-order valence-electron chi connectivity index (χ0n) is 14.8. The number of ether oxygens (including phenoxy) is 1. The van der Waals surface area contributed by atoms with Crippen molar-refractivity contribution in [1.29, 1.82) is 0 Å². The molecule has 7 heteroatoms. The summed E-state index contributed by atoms with van der Waals surface area (Å²) in [6.07, 6.45) is 0. The fourth-order valence-corrected chi connectivity index (χ4v) is 3.17. The first-order valence-electron chi connectivity index (χ1n) is 8.34. The Balaban J connectivity index is 1.78. The fraction of sp³-hybridized carbons (Fsp3) is 0.150. The van der Waals surface area contributed by atoms with Gasteiger partial charge in [-0.05, 0) is 0 Å². The zero-order chi connectivity index (χ0) is 19.1. The molecule has 2 N–H and O–H groups in total. The predicted molar refractivity (Wildman–Crippen MR) is 105 cm³/mol. The van der Waals surface area contributed by atoms with Crippen molar-refractivity contribution in [1.82, 2.24) is 15.3 Å². The lowest BCUT2D eigenvalue weighted by atomic mass is 10.1. The highest BCUT2D eigenvalue weighted by molar-refractivity contribution is 7.99. The number of carbonyl (C=O) groups is 2. The molecule has 3 rings (SSSR count). The van der Waals surface area contributed by atoms with E-state index in [-0.39, 0.29) is 18.2 Å². The summed E-state index contributed by atoms with van der Waals surface area (Å²) in [4.78, 5) is 31.0. The predicted octanol–water partition coefficient (Wildman–Crippen LogP) is 3.13. The fourth-order valence-electron chi connectivity index (χ4n) is 2.47. The minimum absolute atomic E-state index is 0.140. The molecule has 0 bridgehead atoms. The van der Waals surface area contributed by atoms with Crippen LogP contribution in [0.3, 0.4) is 0 Å². The molecule has 2 aromatic carbocycles. The van der Waals surface area contributed by atoms with Crippen molar-refractivity contribution in [2.45, 2.75) is 5.16 Å². The number of thioether (sulfide) groups is 1. The van der Waals surface area contributed by atoms with Gasteiger partial charge in [-0.25, -0.2) is 4.98 Å². The quantitative estimate of drug-likeness (QED) is 0.485. The number of hydrogen-bond acceptors (Lipinski definition) is 5. The van der Waals surface area contributed by atoms with E-state index in [4.69, 9.17) is 0 Å². The maximum absolute atomic E-state index is 11.9. The second-order valence-corrected chi connectivity index (χ2v) is 6.60. The number of rotatable bonds is 7. The van der Waals surface area contributed by atoms with Crippen LogP contribution in [-0.2, 0) is 14.3 Å². The summed E-state index contributed by atoms with van der Waals surface area (Å²) in [6, 6.07) is 19.8. The monoisotopic (exact) mass is 381 g/mol. The van der Waals surface area contributed by atoms with Crippen molar-refractivity contribution in [3.8, 4) is 22.5 Å². The summed E-state index contributed by atoms with van der Waals surface area (Å²) in [5.41, 5.74) is 3.75. The molecule has 0 unspecified atom stereocenters. The molecule has 0 radical (unpaired) electrons. The Kier molecular flexibility index (Phi) is 6.27. The normalized spacial score (nSPS) is 10.4. The molecule has 0 aliphatic rings. The number of aromatic nitrogens is 2. The van der Waals surface area contributed by atoms with E-state index in [1.54, 1.807) is 0 Å². The van der Waals surface area contributed by atoms with Gasteiger partial charge in [0.05, 0.1) is 24.3 Å². The van der Waals surface area contributed by atoms with Gasteiger partial charge in [-0.15, -0.1) is 0 Å². The molecule has 0 atom stereocenters. The molecule has 1 aromatic heterocycles.